The molecule has 9 heteroatoms. The highest BCUT2D eigenvalue weighted by Crippen LogP contribution is 2.32. The molecule has 0 saturated carbocycles. The van der Waals surface area contributed by atoms with Crippen molar-refractivity contribution in [2.45, 2.75) is 6.10 Å². The molecule has 0 radical (unpaired) electrons. The van der Waals surface area contributed by atoms with Gasteiger partial charge in [0.1, 0.15) is 6.54 Å². The SMILES string of the molecule is O=C(CN1C(=O)c2cc(Cl)c(Cl)cc2C1=O)O[C@@H](C(=O)c1ccccc1)c1ccc(Cl)cc1. The number of fused-ring (bicyclic) bond motifs is 1. The van der Waals surface area contributed by atoms with E-state index in [1.54, 1.807) is 54.6 Å². The smallest absolute Gasteiger partial charge is 0.327 e. The Kier molecular flexibility index (Phi) is 6.51. The standard InChI is InChI=1S/C24H14Cl3NO5/c25-15-8-6-14(7-9-15)22(21(30)13-4-2-1-3-5-13)33-20(29)12-28-23(31)16-10-18(26)19(27)11-17(16)24(28)32/h1-11,22H,12H2/t22-/m1/s1. The van der Waals surface area contributed by atoms with Crippen molar-refractivity contribution >= 4 is 58.4 Å². The van der Waals surface area contributed by atoms with Crippen molar-refractivity contribution < 1.29 is 23.9 Å². The van der Waals surface area contributed by atoms with E-state index in [9.17, 15) is 19.2 Å². The molecule has 1 aliphatic rings. The van der Waals surface area contributed by atoms with Gasteiger partial charge in [0.25, 0.3) is 11.8 Å². The van der Waals surface area contributed by atoms with Gasteiger partial charge in [0.15, 0.2) is 6.10 Å². The first-order valence-electron chi connectivity index (χ1n) is 9.65. The van der Waals surface area contributed by atoms with Crippen LogP contribution in [0, 0.1) is 0 Å². The van der Waals surface area contributed by atoms with Gasteiger partial charge in [0, 0.05) is 16.1 Å². The third kappa shape index (κ3) is 4.64. The maximum Gasteiger partial charge on any atom is 0.327 e. The summed E-state index contributed by atoms with van der Waals surface area (Å²) in [5.41, 5.74) is 0.798. The maximum absolute atomic E-state index is 13.1. The second-order valence-electron chi connectivity index (χ2n) is 7.16. The number of halogens is 3. The van der Waals surface area contributed by atoms with Crippen molar-refractivity contribution in [3.63, 3.8) is 0 Å². The summed E-state index contributed by atoms with van der Waals surface area (Å²) in [6.45, 7) is -0.687. The summed E-state index contributed by atoms with van der Waals surface area (Å²) in [4.78, 5) is 51.9. The van der Waals surface area contributed by atoms with Gasteiger partial charge in [0.2, 0.25) is 5.78 Å². The molecule has 1 aliphatic heterocycles. The highest BCUT2D eigenvalue weighted by atomic mass is 35.5. The zero-order valence-electron chi connectivity index (χ0n) is 16.8. The molecule has 6 nitrogen and oxygen atoms in total. The maximum atomic E-state index is 13.1. The van der Waals surface area contributed by atoms with Crippen LogP contribution in [-0.2, 0) is 9.53 Å². The molecule has 0 spiro atoms. The molecule has 1 atom stereocenters. The zero-order valence-corrected chi connectivity index (χ0v) is 19.0. The number of benzene rings is 3. The van der Waals surface area contributed by atoms with E-state index in [0.717, 1.165) is 4.90 Å². The number of esters is 1. The molecule has 0 saturated heterocycles. The van der Waals surface area contributed by atoms with E-state index in [-0.39, 0.29) is 21.2 Å². The third-order valence-corrected chi connectivity index (χ3v) is 5.99. The quantitative estimate of drug-likeness (QED) is 0.256. The van der Waals surface area contributed by atoms with Crippen molar-refractivity contribution in [3.05, 3.63) is 104 Å². The van der Waals surface area contributed by atoms with E-state index in [0.29, 0.717) is 16.1 Å². The second-order valence-corrected chi connectivity index (χ2v) is 8.41. The average molecular weight is 503 g/mol. The first-order valence-corrected chi connectivity index (χ1v) is 10.8. The number of carbonyl (C=O) groups excluding carboxylic acids is 4. The third-order valence-electron chi connectivity index (χ3n) is 5.02. The lowest BCUT2D eigenvalue weighted by atomic mass is 10.00. The number of nitrogens with zero attached hydrogens (tertiary/aromatic N) is 1. The summed E-state index contributed by atoms with van der Waals surface area (Å²) < 4.78 is 5.47. The minimum absolute atomic E-state index is 0.0387. The number of hydrogen-bond donors (Lipinski definition) is 0. The molecular weight excluding hydrogens is 489 g/mol. The summed E-state index contributed by atoms with van der Waals surface area (Å²) >= 11 is 17.8. The molecule has 0 fully saturated rings. The molecule has 0 bridgehead atoms. The van der Waals surface area contributed by atoms with Crippen LogP contribution in [0.5, 0.6) is 0 Å². The van der Waals surface area contributed by atoms with Crippen LogP contribution in [0.1, 0.15) is 42.7 Å². The van der Waals surface area contributed by atoms with Crippen LogP contribution in [0.2, 0.25) is 15.1 Å². The molecule has 4 rings (SSSR count). The van der Waals surface area contributed by atoms with Crippen LogP contribution in [0.15, 0.2) is 66.7 Å². The Morgan fingerprint density at radius 2 is 1.36 bits per heavy atom. The van der Waals surface area contributed by atoms with Crippen LogP contribution >= 0.6 is 34.8 Å². The van der Waals surface area contributed by atoms with Crippen molar-refractivity contribution in [1.82, 2.24) is 4.90 Å². The minimum Gasteiger partial charge on any atom is -0.448 e. The van der Waals surface area contributed by atoms with Gasteiger partial charge in [-0.3, -0.25) is 24.1 Å². The largest absolute Gasteiger partial charge is 0.448 e. The molecule has 0 unspecified atom stereocenters. The summed E-state index contributed by atoms with van der Waals surface area (Å²) in [7, 11) is 0. The Morgan fingerprint density at radius 3 is 1.91 bits per heavy atom. The highest BCUT2D eigenvalue weighted by molar-refractivity contribution is 6.43. The number of ether oxygens (including phenoxy) is 1. The Balaban J connectivity index is 1.57. The molecular formula is C24H14Cl3NO5. The minimum atomic E-state index is -1.30. The molecule has 166 valence electrons. The zero-order chi connectivity index (χ0) is 23.7. The molecule has 0 aliphatic carbocycles. The van der Waals surface area contributed by atoms with Gasteiger partial charge in [-0.25, -0.2) is 0 Å². The molecule has 3 aromatic rings. The van der Waals surface area contributed by atoms with Crippen LogP contribution in [0.4, 0.5) is 0 Å². The Bertz CT molecular complexity index is 1230. The number of rotatable bonds is 6. The normalized spacial score (nSPS) is 13.6. The van der Waals surface area contributed by atoms with Gasteiger partial charge >= 0.3 is 5.97 Å². The number of ketones is 1. The monoisotopic (exact) mass is 501 g/mol. The van der Waals surface area contributed by atoms with Gasteiger partial charge in [-0.05, 0) is 24.3 Å². The molecule has 0 N–H and O–H groups in total. The van der Waals surface area contributed by atoms with E-state index < -0.39 is 36.2 Å². The molecule has 3 aromatic carbocycles. The van der Waals surface area contributed by atoms with Gasteiger partial charge in [-0.1, -0.05) is 77.3 Å². The van der Waals surface area contributed by atoms with Gasteiger partial charge in [0.05, 0.1) is 21.2 Å². The number of hydrogen-bond acceptors (Lipinski definition) is 5. The van der Waals surface area contributed by atoms with E-state index in [2.05, 4.69) is 0 Å². The molecule has 1 heterocycles. The second kappa shape index (κ2) is 9.35. The van der Waals surface area contributed by atoms with E-state index in [1.807, 2.05) is 0 Å². The molecule has 2 amide bonds. The van der Waals surface area contributed by atoms with Crippen LogP contribution < -0.4 is 0 Å². The Hall–Kier alpha value is -3.19. The fraction of sp³-hybridized carbons (Fsp3) is 0.0833. The first-order chi connectivity index (χ1) is 15.8. The van der Waals surface area contributed by atoms with Gasteiger partial charge in [-0.15, -0.1) is 0 Å². The highest BCUT2D eigenvalue weighted by Gasteiger charge is 2.38. The summed E-state index contributed by atoms with van der Waals surface area (Å²) in [5.74, 6) is -2.82. The predicted octanol–water partition coefficient (Wildman–Crippen LogP) is 5.41. The topological polar surface area (TPSA) is 80.8 Å². The Labute approximate surface area is 203 Å². The first kappa shape index (κ1) is 23.0. The van der Waals surface area contributed by atoms with Crippen molar-refractivity contribution in [2.75, 3.05) is 6.54 Å². The number of carbonyl (C=O) groups is 4. The van der Waals surface area contributed by atoms with Crippen molar-refractivity contribution in [3.8, 4) is 0 Å². The van der Waals surface area contributed by atoms with E-state index >= 15 is 0 Å². The summed E-state index contributed by atoms with van der Waals surface area (Å²) in [6.07, 6.45) is -1.30. The van der Waals surface area contributed by atoms with Crippen LogP contribution in [0.3, 0.4) is 0 Å². The van der Waals surface area contributed by atoms with Gasteiger partial charge < -0.3 is 4.74 Å². The lowest BCUT2D eigenvalue weighted by molar-refractivity contribution is -0.147. The predicted molar refractivity (Wildman–Crippen MR) is 123 cm³/mol. The lowest BCUT2D eigenvalue weighted by Gasteiger charge is -2.19. The van der Waals surface area contributed by atoms with Crippen molar-refractivity contribution in [1.29, 1.82) is 0 Å². The average Bonchev–Trinajstić information content (AvgIpc) is 3.03. The number of imide groups is 1. The summed E-state index contributed by atoms with van der Waals surface area (Å²) in [5, 5.41) is 0.661. The number of Topliss-reactive ketones (excluding diaryl/α,β-unsaturated/α-hetero) is 1. The van der Waals surface area contributed by atoms with E-state index in [4.69, 9.17) is 39.5 Å². The fourth-order valence-electron chi connectivity index (χ4n) is 3.39. The van der Waals surface area contributed by atoms with Crippen LogP contribution in [0.25, 0.3) is 0 Å². The van der Waals surface area contributed by atoms with Crippen LogP contribution in [-0.4, -0.2) is 35.0 Å². The number of amides is 2. The van der Waals surface area contributed by atoms with Gasteiger partial charge in [-0.2, -0.15) is 0 Å². The lowest BCUT2D eigenvalue weighted by Crippen LogP contribution is -2.36. The summed E-state index contributed by atoms with van der Waals surface area (Å²) in [6, 6.07) is 17.1. The molecule has 33 heavy (non-hydrogen) atoms. The molecule has 0 aromatic heterocycles. The van der Waals surface area contributed by atoms with E-state index in [1.165, 1.54) is 12.1 Å². The van der Waals surface area contributed by atoms with Crippen molar-refractivity contribution in [2.24, 2.45) is 0 Å². The fourth-order valence-corrected chi connectivity index (χ4v) is 3.84. The Morgan fingerprint density at radius 1 is 0.818 bits per heavy atom.